The van der Waals surface area contributed by atoms with Gasteiger partial charge in [-0.2, -0.15) is 0 Å². The predicted molar refractivity (Wildman–Crippen MR) is 114 cm³/mol. The lowest BCUT2D eigenvalue weighted by Gasteiger charge is -2.08. The van der Waals surface area contributed by atoms with Crippen LogP contribution in [0.3, 0.4) is 0 Å². The maximum atomic E-state index is 11.9. The van der Waals surface area contributed by atoms with Crippen molar-refractivity contribution in [3.05, 3.63) is 47.5 Å². The highest BCUT2D eigenvalue weighted by Crippen LogP contribution is 2.14. The van der Waals surface area contributed by atoms with Crippen molar-refractivity contribution in [2.45, 2.75) is 53.9 Å². The van der Waals surface area contributed by atoms with Crippen molar-refractivity contribution in [3.8, 4) is 0 Å². The van der Waals surface area contributed by atoms with Crippen LogP contribution in [0.1, 0.15) is 58.6 Å². The number of carbonyl (C=O) groups is 1. The smallest absolute Gasteiger partial charge is 0.224 e. The van der Waals surface area contributed by atoms with E-state index in [0.29, 0.717) is 51.2 Å². The maximum Gasteiger partial charge on any atom is 0.224 e. The zero-order valence-electron chi connectivity index (χ0n) is 18.1. The van der Waals surface area contributed by atoms with Crippen LogP contribution >= 0.6 is 0 Å². The maximum absolute atomic E-state index is 11.9. The van der Waals surface area contributed by atoms with Crippen molar-refractivity contribution in [2.24, 2.45) is 5.92 Å². The molecule has 1 N–H and O–H groups in total. The summed E-state index contributed by atoms with van der Waals surface area (Å²) in [4.78, 5) is 11.9. The van der Waals surface area contributed by atoms with Gasteiger partial charge in [0, 0.05) is 6.54 Å². The molecule has 0 saturated carbocycles. The summed E-state index contributed by atoms with van der Waals surface area (Å²) in [6.07, 6.45) is 4.55. The third-order valence-electron chi connectivity index (χ3n) is 3.69. The summed E-state index contributed by atoms with van der Waals surface area (Å²) in [6, 6.07) is 8.23. The van der Waals surface area contributed by atoms with Crippen molar-refractivity contribution in [3.63, 3.8) is 0 Å². The van der Waals surface area contributed by atoms with E-state index in [2.05, 4.69) is 51.2 Å². The third kappa shape index (κ3) is 14.1. The molecule has 1 aromatic carbocycles. The van der Waals surface area contributed by atoms with Crippen LogP contribution in [-0.2, 0) is 20.7 Å². The highest BCUT2D eigenvalue weighted by Gasteiger charge is 2.04. The first kappa shape index (κ1) is 25.4. The number of ether oxygens (including phenoxy) is 2. The zero-order chi connectivity index (χ0) is 20.5. The quantitative estimate of drug-likeness (QED) is 0.423. The van der Waals surface area contributed by atoms with Gasteiger partial charge in [-0.15, -0.1) is 0 Å². The number of allylic oxidation sites excluding steroid dienone is 1. The van der Waals surface area contributed by atoms with Gasteiger partial charge in [-0.3, -0.25) is 4.79 Å². The molecule has 4 heteroatoms. The Morgan fingerprint density at radius 3 is 2.22 bits per heavy atom. The lowest BCUT2D eigenvalue weighted by atomic mass is 10.0. The molecule has 0 fully saturated rings. The van der Waals surface area contributed by atoms with Gasteiger partial charge < -0.3 is 14.8 Å². The van der Waals surface area contributed by atoms with Crippen LogP contribution in [0.5, 0.6) is 0 Å². The molecule has 0 radical (unpaired) electrons. The minimum Gasteiger partial charge on any atom is -0.377 e. The van der Waals surface area contributed by atoms with E-state index in [4.69, 9.17) is 9.47 Å². The molecule has 154 valence electrons. The highest BCUT2D eigenvalue weighted by atomic mass is 16.5. The molecule has 0 spiro atoms. The van der Waals surface area contributed by atoms with Gasteiger partial charge in [0.25, 0.3) is 0 Å². The average molecular weight is 378 g/mol. The fourth-order valence-corrected chi connectivity index (χ4v) is 2.23. The van der Waals surface area contributed by atoms with E-state index >= 15 is 0 Å². The summed E-state index contributed by atoms with van der Waals surface area (Å²) in [5.41, 5.74) is 2.32. The van der Waals surface area contributed by atoms with Crippen molar-refractivity contribution >= 4 is 5.91 Å². The van der Waals surface area contributed by atoms with E-state index in [0.717, 1.165) is 5.56 Å². The third-order valence-corrected chi connectivity index (χ3v) is 3.69. The fourth-order valence-electron chi connectivity index (χ4n) is 2.23. The molecule has 0 aliphatic rings. The van der Waals surface area contributed by atoms with E-state index < -0.39 is 0 Å². The van der Waals surface area contributed by atoms with Gasteiger partial charge in [0.2, 0.25) is 5.91 Å². The monoisotopic (exact) mass is 377 g/mol. The number of nitrogens with one attached hydrogen (secondary N) is 1. The number of amides is 1. The molecule has 0 aromatic heterocycles. The van der Waals surface area contributed by atoms with E-state index in [9.17, 15) is 4.79 Å². The average Bonchev–Trinajstić information content (AvgIpc) is 2.65. The summed E-state index contributed by atoms with van der Waals surface area (Å²) in [6.45, 7) is 15.3. The Morgan fingerprint density at radius 2 is 1.63 bits per heavy atom. The number of rotatable bonds is 12. The van der Waals surface area contributed by atoms with Gasteiger partial charge in [-0.05, 0) is 23.0 Å². The van der Waals surface area contributed by atoms with E-state index in [-0.39, 0.29) is 5.91 Å². The molecule has 0 aliphatic heterocycles. The second-order valence-electron chi connectivity index (χ2n) is 6.78. The number of hydrogen-bond donors (Lipinski definition) is 1. The highest BCUT2D eigenvalue weighted by molar-refractivity contribution is 5.78. The van der Waals surface area contributed by atoms with E-state index in [1.54, 1.807) is 0 Å². The fraction of sp³-hybridized carbons (Fsp3) is 0.609. The van der Waals surface area contributed by atoms with Crippen LogP contribution < -0.4 is 5.32 Å². The Morgan fingerprint density at radius 1 is 1.00 bits per heavy atom. The molecule has 1 aromatic rings. The van der Waals surface area contributed by atoms with Crippen molar-refractivity contribution in [1.82, 2.24) is 5.32 Å². The van der Waals surface area contributed by atoms with Crippen LogP contribution in [0.2, 0.25) is 0 Å². The molecule has 27 heavy (non-hydrogen) atoms. The summed E-state index contributed by atoms with van der Waals surface area (Å²) < 4.78 is 10.9. The largest absolute Gasteiger partial charge is 0.377 e. The standard InChI is InChI=1S/C21H33NO3.C2H6/c1-17(2)6-5-12-24-14-15-25-13-11-22-21(23)16-19-7-9-20(10-8-19)18(3)4;1-2/h5-10,17-18H,11-16H2,1-4H3,(H,22,23);1-2H3/b6-5+;. The molecular weight excluding hydrogens is 338 g/mol. The molecular formula is C23H39NO3. The Bertz CT molecular complexity index is 507. The first-order chi connectivity index (χ1) is 13.0. The lowest BCUT2D eigenvalue weighted by molar-refractivity contribution is -0.120. The minimum atomic E-state index is 0.0240. The van der Waals surface area contributed by atoms with Crippen LogP contribution in [-0.4, -0.2) is 38.9 Å². The van der Waals surface area contributed by atoms with Crippen molar-refractivity contribution < 1.29 is 14.3 Å². The lowest BCUT2D eigenvalue weighted by Crippen LogP contribution is -2.29. The van der Waals surface area contributed by atoms with Crippen LogP contribution in [0.15, 0.2) is 36.4 Å². The summed E-state index contributed by atoms with van der Waals surface area (Å²) in [5.74, 6) is 1.09. The van der Waals surface area contributed by atoms with E-state index in [1.807, 2.05) is 32.1 Å². The molecule has 4 nitrogen and oxygen atoms in total. The van der Waals surface area contributed by atoms with Crippen LogP contribution in [0.25, 0.3) is 0 Å². The van der Waals surface area contributed by atoms with E-state index in [1.165, 1.54) is 5.56 Å². The first-order valence-electron chi connectivity index (χ1n) is 10.2. The number of hydrogen-bond acceptors (Lipinski definition) is 3. The van der Waals surface area contributed by atoms with Gasteiger partial charge in [0.1, 0.15) is 0 Å². The Hall–Kier alpha value is -1.65. The zero-order valence-corrected chi connectivity index (χ0v) is 18.1. The predicted octanol–water partition coefficient (Wildman–Crippen LogP) is 4.74. The molecule has 0 bridgehead atoms. The first-order valence-corrected chi connectivity index (χ1v) is 10.2. The van der Waals surface area contributed by atoms with Gasteiger partial charge in [0.05, 0.1) is 32.8 Å². The Balaban J connectivity index is 0.00000326. The molecule has 0 heterocycles. The number of carbonyl (C=O) groups excluding carboxylic acids is 1. The van der Waals surface area contributed by atoms with Gasteiger partial charge in [0.15, 0.2) is 0 Å². The Labute approximate surface area is 166 Å². The second kappa shape index (κ2) is 16.5. The number of benzene rings is 1. The van der Waals surface area contributed by atoms with Crippen LogP contribution in [0.4, 0.5) is 0 Å². The Kier molecular flexibility index (Phi) is 15.5. The van der Waals surface area contributed by atoms with Crippen molar-refractivity contribution in [1.29, 1.82) is 0 Å². The molecule has 0 saturated heterocycles. The minimum absolute atomic E-state index is 0.0240. The second-order valence-corrected chi connectivity index (χ2v) is 6.78. The molecule has 0 atom stereocenters. The summed E-state index contributed by atoms with van der Waals surface area (Å²) >= 11 is 0. The van der Waals surface area contributed by atoms with Gasteiger partial charge in [-0.1, -0.05) is 78.0 Å². The van der Waals surface area contributed by atoms with Crippen LogP contribution in [0, 0.1) is 5.92 Å². The van der Waals surface area contributed by atoms with Crippen molar-refractivity contribution in [2.75, 3.05) is 33.0 Å². The molecule has 0 aliphatic carbocycles. The summed E-state index contributed by atoms with van der Waals surface area (Å²) in [5, 5.41) is 2.88. The SMILES string of the molecule is CC.CC(C)/C=C/COCCOCCNC(=O)Cc1ccc(C(C)C)cc1. The molecule has 0 unspecified atom stereocenters. The van der Waals surface area contributed by atoms with Gasteiger partial charge >= 0.3 is 0 Å². The topological polar surface area (TPSA) is 47.6 Å². The summed E-state index contributed by atoms with van der Waals surface area (Å²) in [7, 11) is 0. The normalized spacial score (nSPS) is 11.0. The molecule has 1 amide bonds. The molecule has 1 rings (SSSR count). The van der Waals surface area contributed by atoms with Gasteiger partial charge in [-0.25, -0.2) is 0 Å².